The SMILES string of the molecule is O=C(O)c1ccccc1C(=O)Nc1ccc(N2CCN(c3ccccc3)CC2)cc1. The number of benzene rings is 3. The Labute approximate surface area is 175 Å². The molecule has 1 heterocycles. The molecule has 0 radical (unpaired) electrons. The molecule has 1 saturated heterocycles. The first-order valence-electron chi connectivity index (χ1n) is 9.90. The highest BCUT2D eigenvalue weighted by Gasteiger charge is 2.18. The molecule has 0 saturated carbocycles. The van der Waals surface area contributed by atoms with Gasteiger partial charge in [0.15, 0.2) is 0 Å². The second-order valence-electron chi connectivity index (χ2n) is 7.16. The Balaban J connectivity index is 1.38. The van der Waals surface area contributed by atoms with E-state index in [1.807, 2.05) is 30.3 Å². The summed E-state index contributed by atoms with van der Waals surface area (Å²) in [6.45, 7) is 3.75. The quantitative estimate of drug-likeness (QED) is 0.677. The summed E-state index contributed by atoms with van der Waals surface area (Å²) in [4.78, 5) is 28.5. The van der Waals surface area contributed by atoms with Gasteiger partial charge in [-0.2, -0.15) is 0 Å². The Morgan fingerprint density at radius 3 is 1.73 bits per heavy atom. The highest BCUT2D eigenvalue weighted by Crippen LogP contribution is 2.22. The fourth-order valence-corrected chi connectivity index (χ4v) is 3.68. The molecule has 6 nitrogen and oxygen atoms in total. The van der Waals surface area contributed by atoms with Crippen LogP contribution in [-0.2, 0) is 0 Å². The van der Waals surface area contributed by atoms with Gasteiger partial charge in [0.1, 0.15) is 0 Å². The summed E-state index contributed by atoms with van der Waals surface area (Å²) in [7, 11) is 0. The third kappa shape index (κ3) is 4.27. The molecule has 2 N–H and O–H groups in total. The van der Waals surface area contributed by atoms with E-state index >= 15 is 0 Å². The summed E-state index contributed by atoms with van der Waals surface area (Å²) in [5.74, 6) is -1.55. The third-order valence-corrected chi connectivity index (χ3v) is 5.29. The lowest BCUT2D eigenvalue weighted by Crippen LogP contribution is -2.46. The minimum atomic E-state index is -1.12. The smallest absolute Gasteiger partial charge is 0.336 e. The van der Waals surface area contributed by atoms with Gasteiger partial charge in [-0.1, -0.05) is 30.3 Å². The molecule has 3 aromatic rings. The number of para-hydroxylation sites is 1. The maximum Gasteiger partial charge on any atom is 0.336 e. The Morgan fingerprint density at radius 1 is 0.667 bits per heavy atom. The van der Waals surface area contributed by atoms with E-state index in [1.54, 1.807) is 12.1 Å². The molecule has 4 rings (SSSR count). The standard InChI is InChI=1S/C24H23N3O3/c28-23(21-8-4-5-9-22(21)24(29)30)25-18-10-12-20(13-11-18)27-16-14-26(15-17-27)19-6-2-1-3-7-19/h1-13H,14-17H2,(H,25,28)(H,29,30). The van der Waals surface area contributed by atoms with Crippen molar-refractivity contribution in [3.8, 4) is 0 Å². The predicted octanol–water partition coefficient (Wildman–Crippen LogP) is 3.96. The molecule has 0 atom stereocenters. The molecule has 1 aliphatic rings. The van der Waals surface area contributed by atoms with E-state index in [1.165, 1.54) is 17.8 Å². The molecule has 6 heteroatoms. The number of carboxylic acid groups (broad SMARTS) is 1. The van der Waals surface area contributed by atoms with Crippen LogP contribution < -0.4 is 15.1 Å². The van der Waals surface area contributed by atoms with Gasteiger partial charge in [-0.15, -0.1) is 0 Å². The molecule has 0 spiro atoms. The Bertz CT molecular complexity index is 1030. The molecule has 0 bridgehead atoms. The van der Waals surface area contributed by atoms with Gasteiger partial charge in [0.05, 0.1) is 11.1 Å². The summed E-state index contributed by atoms with van der Waals surface area (Å²) < 4.78 is 0. The lowest BCUT2D eigenvalue weighted by molar-refractivity contribution is 0.0692. The van der Waals surface area contributed by atoms with Crippen LogP contribution in [0, 0.1) is 0 Å². The largest absolute Gasteiger partial charge is 0.478 e. The number of carbonyl (C=O) groups excluding carboxylic acids is 1. The van der Waals surface area contributed by atoms with Crippen LogP contribution in [0.1, 0.15) is 20.7 Å². The van der Waals surface area contributed by atoms with Crippen LogP contribution in [0.25, 0.3) is 0 Å². The number of rotatable bonds is 5. The first-order chi connectivity index (χ1) is 14.6. The zero-order valence-corrected chi connectivity index (χ0v) is 16.5. The van der Waals surface area contributed by atoms with Crippen LogP contribution in [-0.4, -0.2) is 43.2 Å². The van der Waals surface area contributed by atoms with Crippen molar-refractivity contribution in [3.05, 3.63) is 90.0 Å². The monoisotopic (exact) mass is 401 g/mol. The van der Waals surface area contributed by atoms with Crippen LogP contribution in [0.4, 0.5) is 17.1 Å². The molecular formula is C24H23N3O3. The van der Waals surface area contributed by atoms with Gasteiger partial charge in [-0.05, 0) is 48.5 Å². The van der Waals surface area contributed by atoms with E-state index in [0.29, 0.717) is 5.69 Å². The first-order valence-corrected chi connectivity index (χ1v) is 9.90. The van der Waals surface area contributed by atoms with Crippen molar-refractivity contribution < 1.29 is 14.7 Å². The maximum atomic E-state index is 12.5. The number of hydrogen-bond acceptors (Lipinski definition) is 4. The van der Waals surface area contributed by atoms with Crippen LogP contribution in [0.3, 0.4) is 0 Å². The maximum absolute atomic E-state index is 12.5. The molecule has 30 heavy (non-hydrogen) atoms. The fourth-order valence-electron chi connectivity index (χ4n) is 3.68. The van der Waals surface area contributed by atoms with Gasteiger partial charge in [-0.3, -0.25) is 4.79 Å². The molecule has 0 aromatic heterocycles. The van der Waals surface area contributed by atoms with Crippen LogP contribution in [0.5, 0.6) is 0 Å². The predicted molar refractivity (Wildman–Crippen MR) is 119 cm³/mol. The van der Waals surface area contributed by atoms with Crippen molar-refractivity contribution >= 4 is 28.9 Å². The molecule has 1 aliphatic heterocycles. The summed E-state index contributed by atoms with van der Waals surface area (Å²) in [6.07, 6.45) is 0. The van der Waals surface area contributed by atoms with Crippen molar-refractivity contribution in [2.24, 2.45) is 0 Å². The van der Waals surface area contributed by atoms with Crippen molar-refractivity contribution in [2.75, 3.05) is 41.3 Å². The van der Waals surface area contributed by atoms with Crippen molar-refractivity contribution in [1.82, 2.24) is 0 Å². The van der Waals surface area contributed by atoms with Gasteiger partial charge >= 0.3 is 5.97 Å². The number of carbonyl (C=O) groups is 2. The topological polar surface area (TPSA) is 72.9 Å². The number of hydrogen-bond donors (Lipinski definition) is 2. The van der Waals surface area contributed by atoms with Crippen LogP contribution >= 0.6 is 0 Å². The number of carboxylic acids is 1. The lowest BCUT2D eigenvalue weighted by atomic mass is 10.1. The van der Waals surface area contributed by atoms with E-state index in [0.717, 1.165) is 31.9 Å². The summed E-state index contributed by atoms with van der Waals surface area (Å²) >= 11 is 0. The summed E-state index contributed by atoms with van der Waals surface area (Å²) in [6, 6.07) is 24.3. The highest BCUT2D eigenvalue weighted by atomic mass is 16.4. The number of anilines is 3. The van der Waals surface area contributed by atoms with E-state index in [2.05, 4.69) is 39.4 Å². The average Bonchev–Trinajstić information content (AvgIpc) is 2.80. The van der Waals surface area contributed by atoms with Gasteiger partial charge in [-0.25, -0.2) is 4.79 Å². The van der Waals surface area contributed by atoms with E-state index in [-0.39, 0.29) is 11.1 Å². The van der Waals surface area contributed by atoms with Crippen molar-refractivity contribution in [2.45, 2.75) is 0 Å². The molecule has 0 aliphatic carbocycles. The highest BCUT2D eigenvalue weighted by molar-refractivity contribution is 6.10. The Hall–Kier alpha value is -3.80. The van der Waals surface area contributed by atoms with Crippen LogP contribution in [0.2, 0.25) is 0 Å². The fraction of sp³-hybridized carbons (Fsp3) is 0.167. The molecule has 0 unspecified atom stereocenters. The molecular weight excluding hydrogens is 378 g/mol. The normalized spacial score (nSPS) is 13.7. The van der Waals surface area contributed by atoms with Crippen molar-refractivity contribution in [3.63, 3.8) is 0 Å². The van der Waals surface area contributed by atoms with Gasteiger partial charge in [0.25, 0.3) is 5.91 Å². The molecule has 1 fully saturated rings. The Kier molecular flexibility index (Phi) is 5.66. The number of amides is 1. The number of piperazine rings is 1. The zero-order chi connectivity index (χ0) is 20.9. The third-order valence-electron chi connectivity index (χ3n) is 5.29. The van der Waals surface area contributed by atoms with Gasteiger partial charge in [0.2, 0.25) is 0 Å². The minimum Gasteiger partial charge on any atom is -0.478 e. The van der Waals surface area contributed by atoms with Crippen molar-refractivity contribution in [1.29, 1.82) is 0 Å². The lowest BCUT2D eigenvalue weighted by Gasteiger charge is -2.37. The molecule has 1 amide bonds. The number of nitrogens with zero attached hydrogens (tertiary/aromatic N) is 2. The number of aromatic carboxylic acids is 1. The van der Waals surface area contributed by atoms with E-state index < -0.39 is 11.9 Å². The van der Waals surface area contributed by atoms with Gasteiger partial charge < -0.3 is 20.2 Å². The van der Waals surface area contributed by atoms with Gasteiger partial charge in [0, 0.05) is 43.2 Å². The summed E-state index contributed by atoms with van der Waals surface area (Å²) in [5, 5.41) is 12.0. The zero-order valence-electron chi connectivity index (χ0n) is 16.5. The Morgan fingerprint density at radius 2 is 1.17 bits per heavy atom. The van der Waals surface area contributed by atoms with E-state index in [4.69, 9.17) is 0 Å². The molecule has 152 valence electrons. The second kappa shape index (κ2) is 8.69. The first kappa shape index (κ1) is 19.5. The van der Waals surface area contributed by atoms with Crippen LogP contribution in [0.15, 0.2) is 78.9 Å². The summed E-state index contributed by atoms with van der Waals surface area (Å²) in [5.41, 5.74) is 3.12. The molecule has 3 aromatic carbocycles. The average molecular weight is 401 g/mol. The van der Waals surface area contributed by atoms with E-state index in [9.17, 15) is 14.7 Å². The second-order valence-corrected chi connectivity index (χ2v) is 7.16. The number of nitrogens with one attached hydrogen (secondary N) is 1. The minimum absolute atomic E-state index is 0.0112.